The van der Waals surface area contributed by atoms with E-state index in [-0.39, 0.29) is 0 Å². The topological polar surface area (TPSA) is 76.4 Å². The van der Waals surface area contributed by atoms with Gasteiger partial charge in [-0.25, -0.2) is 4.99 Å². The molecular formula is C19H36N6O. The number of nitrogens with one attached hydrogen (secondary N) is 2. The first-order valence-corrected chi connectivity index (χ1v) is 10.1. The molecule has 2 rings (SSSR count). The average Bonchev–Trinajstić information content (AvgIpc) is 2.98. The minimum Gasteiger partial charge on any atom is -0.382 e. The summed E-state index contributed by atoms with van der Waals surface area (Å²) in [5, 5.41) is 15.4. The van der Waals surface area contributed by atoms with Crippen molar-refractivity contribution >= 4 is 5.96 Å². The fourth-order valence-electron chi connectivity index (χ4n) is 3.32. The van der Waals surface area contributed by atoms with Gasteiger partial charge in [-0.05, 0) is 51.9 Å². The van der Waals surface area contributed by atoms with Crippen LogP contribution < -0.4 is 10.6 Å². The van der Waals surface area contributed by atoms with Crippen LogP contribution in [0.25, 0.3) is 0 Å². The first-order valence-electron chi connectivity index (χ1n) is 10.1. The molecule has 2 N–H and O–H groups in total. The van der Waals surface area contributed by atoms with Crippen LogP contribution in [0.3, 0.4) is 0 Å². The van der Waals surface area contributed by atoms with E-state index in [1.807, 2.05) is 25.5 Å². The van der Waals surface area contributed by atoms with Crippen LogP contribution in [0.1, 0.15) is 64.0 Å². The maximum Gasteiger partial charge on any atom is 0.191 e. The van der Waals surface area contributed by atoms with E-state index < -0.39 is 0 Å². The summed E-state index contributed by atoms with van der Waals surface area (Å²) in [6, 6.07) is 0.511. The summed E-state index contributed by atoms with van der Waals surface area (Å²) in [6.07, 6.45) is 7.35. The molecule has 0 unspecified atom stereocenters. The highest BCUT2D eigenvalue weighted by Crippen LogP contribution is 2.26. The Hall–Kier alpha value is -1.63. The molecule has 1 fully saturated rings. The number of rotatable bonds is 9. The molecule has 148 valence electrons. The van der Waals surface area contributed by atoms with Crippen LogP contribution in [0.2, 0.25) is 0 Å². The van der Waals surface area contributed by atoms with E-state index in [0.29, 0.717) is 12.6 Å². The van der Waals surface area contributed by atoms with Crippen LogP contribution in [0.15, 0.2) is 4.99 Å². The number of nitrogens with zero attached hydrogens (tertiary/aromatic N) is 4. The minimum absolute atomic E-state index is 0.511. The number of aliphatic imine (C=N–C) groups is 1. The van der Waals surface area contributed by atoms with E-state index in [0.717, 1.165) is 49.7 Å². The van der Waals surface area contributed by atoms with E-state index in [1.165, 1.54) is 32.1 Å². The van der Waals surface area contributed by atoms with Crippen LogP contribution >= 0.6 is 0 Å². The molecule has 1 aliphatic rings. The van der Waals surface area contributed by atoms with Gasteiger partial charge in [-0.1, -0.05) is 13.3 Å². The van der Waals surface area contributed by atoms with Crippen molar-refractivity contribution in [2.24, 2.45) is 18.0 Å². The zero-order valence-corrected chi connectivity index (χ0v) is 16.9. The highest BCUT2D eigenvalue weighted by molar-refractivity contribution is 5.80. The number of hydrogen-bond donors (Lipinski definition) is 2. The normalized spacial score (nSPS) is 21.0. The molecule has 0 radical (unpaired) electrons. The first-order chi connectivity index (χ1) is 12.6. The van der Waals surface area contributed by atoms with Gasteiger partial charge in [-0.3, -0.25) is 0 Å². The van der Waals surface area contributed by atoms with Crippen molar-refractivity contribution in [3.05, 3.63) is 11.6 Å². The van der Waals surface area contributed by atoms with Gasteiger partial charge in [0.2, 0.25) is 0 Å². The lowest BCUT2D eigenvalue weighted by Gasteiger charge is -2.29. The molecule has 1 saturated carbocycles. The van der Waals surface area contributed by atoms with Crippen molar-refractivity contribution in [1.82, 2.24) is 25.4 Å². The van der Waals surface area contributed by atoms with Gasteiger partial charge in [0.1, 0.15) is 12.4 Å². The van der Waals surface area contributed by atoms with Gasteiger partial charge in [0.25, 0.3) is 0 Å². The van der Waals surface area contributed by atoms with Crippen LogP contribution in [0.4, 0.5) is 0 Å². The van der Waals surface area contributed by atoms with Gasteiger partial charge in [-0.15, -0.1) is 10.2 Å². The maximum atomic E-state index is 5.42. The quantitative estimate of drug-likeness (QED) is 0.400. The van der Waals surface area contributed by atoms with Crippen molar-refractivity contribution in [3.8, 4) is 0 Å². The molecular weight excluding hydrogens is 328 g/mol. The largest absolute Gasteiger partial charge is 0.382 e. The van der Waals surface area contributed by atoms with Gasteiger partial charge in [0.15, 0.2) is 11.8 Å². The summed E-state index contributed by atoms with van der Waals surface area (Å²) in [7, 11) is 1.98. The molecule has 0 bridgehead atoms. The van der Waals surface area contributed by atoms with E-state index >= 15 is 0 Å². The van der Waals surface area contributed by atoms with Gasteiger partial charge < -0.3 is 19.9 Å². The van der Waals surface area contributed by atoms with Gasteiger partial charge in [0, 0.05) is 32.8 Å². The Balaban J connectivity index is 1.90. The molecule has 7 heteroatoms. The smallest absolute Gasteiger partial charge is 0.191 e. The maximum absolute atomic E-state index is 5.42. The number of hydrogen-bond acceptors (Lipinski definition) is 4. The highest BCUT2D eigenvalue weighted by Gasteiger charge is 2.20. The SMILES string of the molecule is CCOCCCNC(=NCc1nnc(C)n1C)NC1CCC(CC)CC1. The second-order valence-electron chi connectivity index (χ2n) is 7.13. The van der Waals surface area contributed by atoms with E-state index in [9.17, 15) is 0 Å². The van der Waals surface area contributed by atoms with Crippen molar-refractivity contribution < 1.29 is 4.74 Å². The van der Waals surface area contributed by atoms with Crippen molar-refractivity contribution in [3.63, 3.8) is 0 Å². The second kappa shape index (κ2) is 11.2. The van der Waals surface area contributed by atoms with Crippen molar-refractivity contribution in [1.29, 1.82) is 0 Å². The predicted octanol–water partition coefficient (Wildman–Crippen LogP) is 2.55. The lowest BCUT2D eigenvalue weighted by atomic mass is 9.84. The molecule has 0 atom stereocenters. The Kier molecular flexibility index (Phi) is 8.88. The zero-order chi connectivity index (χ0) is 18.8. The molecule has 1 aliphatic carbocycles. The van der Waals surface area contributed by atoms with Crippen LogP contribution in [-0.4, -0.2) is 46.5 Å². The molecule has 7 nitrogen and oxygen atoms in total. The number of ether oxygens (including phenoxy) is 1. The molecule has 26 heavy (non-hydrogen) atoms. The van der Waals surface area contributed by atoms with Gasteiger partial charge in [-0.2, -0.15) is 0 Å². The monoisotopic (exact) mass is 364 g/mol. The number of aromatic nitrogens is 3. The third-order valence-electron chi connectivity index (χ3n) is 5.29. The van der Waals surface area contributed by atoms with Crippen LogP contribution in [0.5, 0.6) is 0 Å². The molecule has 0 aromatic carbocycles. The van der Waals surface area contributed by atoms with Gasteiger partial charge in [0.05, 0.1) is 0 Å². The molecule has 0 spiro atoms. The highest BCUT2D eigenvalue weighted by atomic mass is 16.5. The molecule has 0 amide bonds. The summed E-state index contributed by atoms with van der Waals surface area (Å²) in [4.78, 5) is 4.75. The molecule has 1 aromatic rings. The second-order valence-corrected chi connectivity index (χ2v) is 7.13. The summed E-state index contributed by atoms with van der Waals surface area (Å²) in [5.41, 5.74) is 0. The third kappa shape index (κ3) is 6.59. The Labute approximate surface area is 158 Å². The van der Waals surface area contributed by atoms with Gasteiger partial charge >= 0.3 is 0 Å². The van der Waals surface area contributed by atoms with E-state index in [4.69, 9.17) is 9.73 Å². The minimum atomic E-state index is 0.511. The van der Waals surface area contributed by atoms with E-state index in [2.05, 4.69) is 27.8 Å². The number of aryl methyl sites for hydroxylation is 1. The molecule has 0 saturated heterocycles. The Morgan fingerprint density at radius 3 is 2.62 bits per heavy atom. The predicted molar refractivity (Wildman–Crippen MR) is 105 cm³/mol. The number of guanidine groups is 1. The Morgan fingerprint density at radius 2 is 2.00 bits per heavy atom. The Bertz CT molecular complexity index is 548. The standard InChI is InChI=1S/C19H36N6O/c1-5-16-8-10-17(11-9-16)22-19(20-12-7-13-26-6-2)21-14-18-24-23-15(3)25(18)4/h16-17H,5-14H2,1-4H3,(H2,20,21,22). The van der Waals surface area contributed by atoms with Crippen LogP contribution in [-0.2, 0) is 18.3 Å². The molecule has 1 aromatic heterocycles. The molecule has 0 aliphatic heterocycles. The fraction of sp³-hybridized carbons (Fsp3) is 0.842. The fourth-order valence-corrected chi connectivity index (χ4v) is 3.32. The summed E-state index contributed by atoms with van der Waals surface area (Å²) in [5.74, 6) is 3.57. The van der Waals surface area contributed by atoms with Crippen molar-refractivity contribution in [2.45, 2.75) is 71.9 Å². The summed E-state index contributed by atoms with van der Waals surface area (Å²) in [6.45, 7) is 9.21. The Morgan fingerprint density at radius 1 is 1.23 bits per heavy atom. The summed E-state index contributed by atoms with van der Waals surface area (Å²) < 4.78 is 7.40. The zero-order valence-electron chi connectivity index (χ0n) is 16.9. The van der Waals surface area contributed by atoms with Crippen molar-refractivity contribution in [2.75, 3.05) is 19.8 Å². The summed E-state index contributed by atoms with van der Waals surface area (Å²) >= 11 is 0. The average molecular weight is 365 g/mol. The third-order valence-corrected chi connectivity index (χ3v) is 5.29. The molecule has 1 heterocycles. The first kappa shape index (κ1) is 20.7. The van der Waals surface area contributed by atoms with Crippen LogP contribution in [0, 0.1) is 12.8 Å². The van der Waals surface area contributed by atoms with E-state index in [1.54, 1.807) is 0 Å². The lowest BCUT2D eigenvalue weighted by molar-refractivity contribution is 0.145. The lowest BCUT2D eigenvalue weighted by Crippen LogP contribution is -2.45.